The van der Waals surface area contributed by atoms with Gasteiger partial charge in [-0.15, -0.1) is 11.3 Å². The van der Waals surface area contributed by atoms with Crippen LogP contribution in [0.2, 0.25) is 0 Å². The van der Waals surface area contributed by atoms with Crippen molar-refractivity contribution >= 4 is 23.2 Å². The van der Waals surface area contributed by atoms with Gasteiger partial charge in [-0.2, -0.15) is 0 Å². The molecule has 0 radical (unpaired) electrons. The number of aromatic amines is 1. The van der Waals surface area contributed by atoms with Gasteiger partial charge in [-0.3, -0.25) is 4.79 Å². The van der Waals surface area contributed by atoms with E-state index in [2.05, 4.69) is 15.3 Å². The van der Waals surface area contributed by atoms with Crippen molar-refractivity contribution in [3.8, 4) is 0 Å². The normalized spacial score (nSPS) is 10.9. The summed E-state index contributed by atoms with van der Waals surface area (Å²) in [6.07, 6.45) is 0.676. The fraction of sp³-hybridized carbons (Fsp3) is 0.471. The largest absolute Gasteiger partial charge is 0.459 e. The molecule has 0 saturated carbocycles. The average molecular weight is 349 g/mol. The van der Waals surface area contributed by atoms with Crippen LogP contribution in [-0.2, 0) is 17.7 Å². The highest BCUT2D eigenvalue weighted by molar-refractivity contribution is 7.09. The topological polar surface area (TPSA) is 84.1 Å². The molecule has 2 aromatic heterocycles. The Morgan fingerprint density at radius 2 is 2.08 bits per heavy atom. The van der Waals surface area contributed by atoms with Gasteiger partial charge in [0.05, 0.1) is 28.9 Å². The molecule has 0 aromatic carbocycles. The number of hydrogen-bond acceptors (Lipinski definition) is 5. The second kappa shape index (κ2) is 7.61. The lowest BCUT2D eigenvalue weighted by atomic mass is 10.1. The molecular weight excluding hydrogens is 326 g/mol. The summed E-state index contributed by atoms with van der Waals surface area (Å²) in [6, 6.07) is 0. The van der Waals surface area contributed by atoms with Crippen LogP contribution in [0.3, 0.4) is 0 Å². The van der Waals surface area contributed by atoms with Crippen LogP contribution in [0.1, 0.15) is 63.6 Å². The number of nitrogens with zero attached hydrogens (tertiary/aromatic N) is 1. The molecule has 24 heavy (non-hydrogen) atoms. The van der Waals surface area contributed by atoms with Gasteiger partial charge in [0, 0.05) is 11.1 Å². The van der Waals surface area contributed by atoms with Crippen molar-refractivity contribution in [1.29, 1.82) is 0 Å². The fourth-order valence-corrected chi connectivity index (χ4v) is 3.15. The lowest BCUT2D eigenvalue weighted by molar-refractivity contribution is 0.0376. The van der Waals surface area contributed by atoms with Crippen molar-refractivity contribution in [1.82, 2.24) is 15.3 Å². The van der Waals surface area contributed by atoms with Gasteiger partial charge in [-0.05, 0) is 39.7 Å². The Morgan fingerprint density at radius 3 is 2.67 bits per heavy atom. The first kappa shape index (κ1) is 18.2. The number of hydrogen-bond donors (Lipinski definition) is 2. The lowest BCUT2D eigenvalue weighted by Gasteiger charge is -2.08. The third kappa shape index (κ3) is 4.03. The smallest absolute Gasteiger partial charge is 0.340 e. The second-order valence-electron chi connectivity index (χ2n) is 5.85. The van der Waals surface area contributed by atoms with Gasteiger partial charge in [-0.1, -0.05) is 6.92 Å². The number of nitrogens with one attached hydrogen (secondary N) is 2. The van der Waals surface area contributed by atoms with Gasteiger partial charge in [0.25, 0.3) is 5.91 Å². The molecule has 6 nitrogen and oxygen atoms in total. The van der Waals surface area contributed by atoms with E-state index in [-0.39, 0.29) is 12.0 Å². The second-order valence-corrected chi connectivity index (χ2v) is 6.79. The molecule has 0 unspecified atom stereocenters. The number of carbonyl (C=O) groups is 2. The third-order valence-corrected chi connectivity index (χ3v) is 4.59. The molecular formula is C17H23N3O3S. The molecule has 130 valence electrons. The van der Waals surface area contributed by atoms with Crippen LogP contribution in [0, 0.1) is 13.8 Å². The Bertz CT molecular complexity index is 746. The van der Waals surface area contributed by atoms with Gasteiger partial charge in [-0.25, -0.2) is 9.78 Å². The summed E-state index contributed by atoms with van der Waals surface area (Å²) in [4.78, 5) is 32.0. The maximum absolute atomic E-state index is 12.4. The molecule has 1 amide bonds. The van der Waals surface area contributed by atoms with Crippen LogP contribution in [0.15, 0.2) is 5.38 Å². The van der Waals surface area contributed by atoms with E-state index in [0.29, 0.717) is 29.1 Å². The summed E-state index contributed by atoms with van der Waals surface area (Å²) >= 11 is 1.58. The maximum Gasteiger partial charge on any atom is 0.340 e. The van der Waals surface area contributed by atoms with Crippen LogP contribution in [-0.4, -0.2) is 27.9 Å². The molecule has 0 fully saturated rings. The minimum Gasteiger partial charge on any atom is -0.459 e. The van der Waals surface area contributed by atoms with Crippen LogP contribution < -0.4 is 5.32 Å². The van der Waals surface area contributed by atoms with Crippen LogP contribution in [0.4, 0.5) is 0 Å². The van der Waals surface area contributed by atoms with Crippen molar-refractivity contribution in [2.75, 3.05) is 0 Å². The fourth-order valence-electron chi connectivity index (χ4n) is 2.41. The first-order valence-electron chi connectivity index (χ1n) is 7.95. The quantitative estimate of drug-likeness (QED) is 0.785. The molecule has 0 spiro atoms. The Labute approximate surface area is 145 Å². The van der Waals surface area contributed by atoms with Crippen molar-refractivity contribution in [3.63, 3.8) is 0 Å². The van der Waals surface area contributed by atoms with E-state index in [1.165, 1.54) is 0 Å². The number of esters is 1. The molecule has 0 aliphatic heterocycles. The molecule has 0 atom stereocenters. The Kier molecular flexibility index (Phi) is 5.77. The third-order valence-electron chi connectivity index (χ3n) is 3.54. The van der Waals surface area contributed by atoms with Crippen molar-refractivity contribution in [3.05, 3.63) is 38.6 Å². The van der Waals surface area contributed by atoms with Crippen LogP contribution >= 0.6 is 11.3 Å². The monoisotopic (exact) mass is 349 g/mol. The van der Waals surface area contributed by atoms with Gasteiger partial charge >= 0.3 is 5.97 Å². The summed E-state index contributed by atoms with van der Waals surface area (Å²) in [6.45, 7) is 9.49. The Balaban J connectivity index is 2.11. The van der Waals surface area contributed by atoms with E-state index >= 15 is 0 Å². The van der Waals surface area contributed by atoms with Crippen molar-refractivity contribution in [2.45, 2.75) is 53.7 Å². The summed E-state index contributed by atoms with van der Waals surface area (Å²) in [7, 11) is 0. The number of thiazole rings is 1. The number of rotatable bonds is 6. The van der Waals surface area contributed by atoms with E-state index in [9.17, 15) is 9.59 Å². The van der Waals surface area contributed by atoms with E-state index in [1.807, 2.05) is 12.3 Å². The number of H-pyrrole nitrogens is 1. The molecule has 0 aliphatic rings. The van der Waals surface area contributed by atoms with E-state index < -0.39 is 5.97 Å². The maximum atomic E-state index is 12.4. The molecule has 0 saturated heterocycles. The Hall–Kier alpha value is -2.15. The van der Waals surface area contributed by atoms with Gasteiger partial charge in [0.15, 0.2) is 0 Å². The Morgan fingerprint density at radius 1 is 1.38 bits per heavy atom. The zero-order valence-electron chi connectivity index (χ0n) is 14.6. The van der Waals surface area contributed by atoms with Crippen molar-refractivity contribution in [2.24, 2.45) is 0 Å². The first-order valence-corrected chi connectivity index (χ1v) is 8.83. The van der Waals surface area contributed by atoms with E-state index in [0.717, 1.165) is 17.1 Å². The highest BCUT2D eigenvalue weighted by Gasteiger charge is 2.23. The molecule has 2 aromatic rings. The molecule has 2 heterocycles. The average Bonchev–Trinajstić information content (AvgIpc) is 3.08. The molecule has 2 rings (SSSR count). The molecule has 0 bridgehead atoms. The number of aryl methyl sites for hydroxylation is 2. The number of ether oxygens (including phenoxy) is 1. The van der Waals surface area contributed by atoms with Gasteiger partial charge in [0.1, 0.15) is 5.69 Å². The minimum atomic E-state index is -0.414. The van der Waals surface area contributed by atoms with Crippen molar-refractivity contribution < 1.29 is 14.3 Å². The van der Waals surface area contributed by atoms with Gasteiger partial charge < -0.3 is 15.0 Å². The van der Waals surface area contributed by atoms with Crippen LogP contribution in [0.25, 0.3) is 0 Å². The number of amides is 1. The molecule has 7 heteroatoms. The molecule has 2 N–H and O–H groups in total. The van der Waals surface area contributed by atoms with E-state index in [4.69, 9.17) is 4.74 Å². The zero-order chi connectivity index (χ0) is 17.9. The van der Waals surface area contributed by atoms with Gasteiger partial charge in [0.2, 0.25) is 0 Å². The minimum absolute atomic E-state index is 0.207. The standard InChI is InChI=1S/C17H23N3O3S/c1-6-13-20-12(8-24-13)7-18-16(21)15-10(4)14(11(5)19-15)17(22)23-9(2)3/h8-9,19H,6-7H2,1-5H3,(H,18,21). The summed E-state index contributed by atoms with van der Waals surface area (Å²) < 4.78 is 5.24. The SMILES string of the molecule is CCc1nc(CNC(=O)c2[nH]c(C)c(C(=O)OC(C)C)c2C)cs1. The van der Waals surface area contributed by atoms with Crippen LogP contribution in [0.5, 0.6) is 0 Å². The van der Waals surface area contributed by atoms with E-state index in [1.54, 1.807) is 39.0 Å². The highest BCUT2D eigenvalue weighted by Crippen LogP contribution is 2.20. The summed E-state index contributed by atoms with van der Waals surface area (Å²) in [5, 5.41) is 5.82. The highest BCUT2D eigenvalue weighted by atomic mass is 32.1. The first-order chi connectivity index (χ1) is 11.3. The summed E-state index contributed by atoms with van der Waals surface area (Å²) in [5.41, 5.74) is 2.88. The lowest BCUT2D eigenvalue weighted by Crippen LogP contribution is -2.24. The summed E-state index contributed by atoms with van der Waals surface area (Å²) in [5.74, 6) is -0.673. The number of carbonyl (C=O) groups excluding carboxylic acids is 2. The zero-order valence-corrected chi connectivity index (χ0v) is 15.5. The predicted octanol–water partition coefficient (Wildman–Crippen LogP) is 3.15. The predicted molar refractivity (Wildman–Crippen MR) is 93.5 cm³/mol. The number of aromatic nitrogens is 2. The molecule has 0 aliphatic carbocycles.